The molecule has 1 saturated heterocycles. The van der Waals surface area contributed by atoms with E-state index in [0.29, 0.717) is 28.4 Å². The molecule has 0 bridgehead atoms. The van der Waals surface area contributed by atoms with Gasteiger partial charge in [0, 0.05) is 29.0 Å². The minimum absolute atomic E-state index is 0.00407. The Labute approximate surface area is 237 Å². The Morgan fingerprint density at radius 3 is 2.82 bits per heavy atom. The molecule has 0 spiro atoms. The molecule has 204 valence electrons. The number of hydrogen-bond donors (Lipinski definition) is 1. The van der Waals surface area contributed by atoms with Gasteiger partial charge >= 0.3 is 0 Å². The van der Waals surface area contributed by atoms with Crippen molar-refractivity contribution >= 4 is 46.9 Å². The first kappa shape index (κ1) is 28.7. The van der Waals surface area contributed by atoms with Crippen LogP contribution in [0.15, 0.2) is 52.3 Å². The molecule has 1 unspecified atom stereocenters. The number of piperidine rings is 1. The number of benzene rings is 2. The van der Waals surface area contributed by atoms with Gasteiger partial charge in [0.1, 0.15) is 6.54 Å². The second-order valence-corrected chi connectivity index (χ2v) is 12.3. The summed E-state index contributed by atoms with van der Waals surface area (Å²) in [5.74, 6) is 0.243. The van der Waals surface area contributed by atoms with Crippen LogP contribution in [0.5, 0.6) is 0 Å². The third-order valence-corrected chi connectivity index (χ3v) is 8.54. The van der Waals surface area contributed by atoms with Gasteiger partial charge in [-0.1, -0.05) is 68.8 Å². The van der Waals surface area contributed by atoms with Gasteiger partial charge in [-0.25, -0.2) is 0 Å². The zero-order valence-corrected chi connectivity index (χ0v) is 24.4. The largest absolute Gasteiger partial charge is 0.355 e. The summed E-state index contributed by atoms with van der Waals surface area (Å²) in [6.07, 6.45) is 8.80. The van der Waals surface area contributed by atoms with E-state index in [-0.39, 0.29) is 18.4 Å². The average molecular weight is 554 g/mol. The van der Waals surface area contributed by atoms with Crippen LogP contribution in [0.1, 0.15) is 64.0 Å². The van der Waals surface area contributed by atoms with Crippen molar-refractivity contribution < 1.29 is 9.59 Å². The maximum atomic E-state index is 13.6. The lowest BCUT2D eigenvalue weighted by molar-refractivity contribution is -0.122. The van der Waals surface area contributed by atoms with Crippen molar-refractivity contribution in [2.75, 3.05) is 31.1 Å². The van der Waals surface area contributed by atoms with Gasteiger partial charge in [0.05, 0.1) is 10.6 Å². The number of carbonyl (C=O) groups excluding carboxylic acids is 2. The van der Waals surface area contributed by atoms with Gasteiger partial charge < -0.3 is 10.2 Å². The third kappa shape index (κ3) is 7.64. The minimum Gasteiger partial charge on any atom is -0.355 e. The molecule has 0 radical (unpaired) electrons. The lowest BCUT2D eigenvalue weighted by Gasteiger charge is -2.35. The fourth-order valence-corrected chi connectivity index (χ4v) is 6.71. The molecule has 2 heterocycles. The maximum Gasteiger partial charge on any atom is 0.265 e. The van der Waals surface area contributed by atoms with Crippen molar-refractivity contribution in [1.29, 1.82) is 0 Å². The van der Waals surface area contributed by atoms with E-state index in [1.54, 1.807) is 4.90 Å². The van der Waals surface area contributed by atoms with Gasteiger partial charge in [0.25, 0.3) is 5.91 Å². The van der Waals surface area contributed by atoms with E-state index < -0.39 is 0 Å². The molecule has 1 N–H and O–H groups in total. The zero-order valence-electron chi connectivity index (χ0n) is 22.8. The highest BCUT2D eigenvalue weighted by Gasteiger charge is 2.31. The maximum absolute atomic E-state index is 13.6. The molecule has 1 atom stereocenters. The molecular formula is C31H40ClN3O2S. The number of hydrogen-bond acceptors (Lipinski definition) is 4. The molecule has 0 aromatic heterocycles. The first-order valence-electron chi connectivity index (χ1n) is 13.9. The van der Waals surface area contributed by atoms with Crippen molar-refractivity contribution in [2.45, 2.75) is 70.2 Å². The van der Waals surface area contributed by atoms with Crippen LogP contribution in [-0.2, 0) is 16.0 Å². The van der Waals surface area contributed by atoms with Crippen LogP contribution in [0.3, 0.4) is 0 Å². The van der Waals surface area contributed by atoms with Crippen molar-refractivity contribution in [3.63, 3.8) is 0 Å². The standard InChI is InChI=1S/C31H40ClN3O2S/c1-4-26-11-5-6-15-34(26)16-8-14-33-30(36)21-35-27-13-12-24(17-22(2)3)19-28(27)38-29(31(35)37)20-23-9-7-10-25(32)18-23/h7,9-10,12-13,18-20,22,26H,4-6,8,11,14-17,21H2,1-3H3,(H,33,36). The van der Waals surface area contributed by atoms with E-state index in [1.807, 2.05) is 36.4 Å². The third-order valence-electron chi connectivity index (χ3n) is 7.25. The predicted molar refractivity (Wildman–Crippen MR) is 160 cm³/mol. The molecule has 2 aliphatic rings. The highest BCUT2D eigenvalue weighted by atomic mass is 35.5. The van der Waals surface area contributed by atoms with Crippen molar-refractivity contribution in [3.05, 3.63) is 63.5 Å². The predicted octanol–water partition coefficient (Wildman–Crippen LogP) is 6.79. The van der Waals surface area contributed by atoms with E-state index in [0.717, 1.165) is 42.1 Å². The number of amides is 2. The van der Waals surface area contributed by atoms with Crippen LogP contribution in [-0.4, -0.2) is 48.9 Å². The number of anilines is 1. The first-order valence-corrected chi connectivity index (χ1v) is 15.1. The monoisotopic (exact) mass is 553 g/mol. The SMILES string of the molecule is CCC1CCCCN1CCCNC(=O)CN1C(=O)C(=Cc2cccc(Cl)c2)Sc2cc(CC(C)C)ccc21. The normalized spacial score (nSPS) is 19.2. The molecule has 1 fully saturated rings. The number of nitrogens with zero attached hydrogens (tertiary/aromatic N) is 2. The topological polar surface area (TPSA) is 52.7 Å². The molecule has 2 amide bonds. The smallest absolute Gasteiger partial charge is 0.265 e. The summed E-state index contributed by atoms with van der Waals surface area (Å²) in [6.45, 7) is 9.45. The Morgan fingerprint density at radius 2 is 2.05 bits per heavy atom. The van der Waals surface area contributed by atoms with E-state index in [4.69, 9.17) is 11.6 Å². The minimum atomic E-state index is -0.159. The molecule has 2 aromatic carbocycles. The van der Waals surface area contributed by atoms with Crippen LogP contribution >= 0.6 is 23.4 Å². The number of likely N-dealkylation sites (tertiary alicyclic amines) is 1. The molecule has 7 heteroatoms. The van der Waals surface area contributed by atoms with E-state index in [2.05, 4.69) is 43.1 Å². The van der Waals surface area contributed by atoms with E-state index in [9.17, 15) is 9.59 Å². The fraction of sp³-hybridized carbons (Fsp3) is 0.484. The quantitative estimate of drug-likeness (QED) is 0.260. The van der Waals surface area contributed by atoms with E-state index in [1.165, 1.54) is 43.0 Å². The molecule has 38 heavy (non-hydrogen) atoms. The number of fused-ring (bicyclic) bond motifs is 1. The number of rotatable bonds is 10. The summed E-state index contributed by atoms with van der Waals surface area (Å²) < 4.78 is 0. The Morgan fingerprint density at radius 1 is 1.21 bits per heavy atom. The van der Waals surface area contributed by atoms with Crippen molar-refractivity contribution in [1.82, 2.24) is 10.2 Å². The van der Waals surface area contributed by atoms with Crippen molar-refractivity contribution in [3.8, 4) is 0 Å². The first-order chi connectivity index (χ1) is 18.3. The summed E-state index contributed by atoms with van der Waals surface area (Å²) >= 11 is 7.65. The highest BCUT2D eigenvalue weighted by molar-refractivity contribution is 8.04. The van der Waals surface area contributed by atoms with Gasteiger partial charge in [-0.2, -0.15) is 0 Å². The number of halogens is 1. The van der Waals surface area contributed by atoms with E-state index >= 15 is 0 Å². The summed E-state index contributed by atoms with van der Waals surface area (Å²) in [5.41, 5.74) is 2.89. The average Bonchev–Trinajstić information content (AvgIpc) is 2.89. The van der Waals surface area contributed by atoms with Crippen LogP contribution in [0.2, 0.25) is 5.02 Å². The number of thioether (sulfide) groups is 1. The number of carbonyl (C=O) groups is 2. The molecule has 2 aliphatic heterocycles. The lowest BCUT2D eigenvalue weighted by Crippen LogP contribution is -2.44. The van der Waals surface area contributed by atoms with Crippen molar-refractivity contribution in [2.24, 2.45) is 5.92 Å². The molecule has 4 rings (SSSR count). The zero-order chi connectivity index (χ0) is 27.1. The highest BCUT2D eigenvalue weighted by Crippen LogP contribution is 2.43. The van der Waals surface area contributed by atoms with Crippen LogP contribution < -0.4 is 10.2 Å². The molecular weight excluding hydrogens is 514 g/mol. The Bertz CT molecular complexity index is 1170. The van der Waals surface area contributed by atoms with Crippen LogP contribution in [0, 0.1) is 5.92 Å². The summed E-state index contributed by atoms with van der Waals surface area (Å²) in [7, 11) is 0. The summed E-state index contributed by atoms with van der Waals surface area (Å²) in [4.78, 5) is 32.4. The second-order valence-electron chi connectivity index (χ2n) is 10.8. The van der Waals surface area contributed by atoms with Gasteiger partial charge in [-0.15, -0.1) is 0 Å². The Balaban J connectivity index is 1.46. The van der Waals surface area contributed by atoms with Gasteiger partial charge in [-0.3, -0.25) is 14.5 Å². The summed E-state index contributed by atoms with van der Waals surface area (Å²) in [6, 6.07) is 14.4. The molecule has 2 aromatic rings. The molecule has 0 aliphatic carbocycles. The fourth-order valence-electron chi connectivity index (χ4n) is 5.39. The second kappa shape index (κ2) is 13.7. The number of nitrogens with one attached hydrogen (secondary N) is 1. The van der Waals surface area contributed by atoms with Gasteiger partial charge in [-0.05, 0) is 86.0 Å². The Hall–Kier alpha value is -2.28. The molecule has 5 nitrogen and oxygen atoms in total. The van der Waals surface area contributed by atoms with Gasteiger partial charge in [0.15, 0.2) is 0 Å². The van der Waals surface area contributed by atoms with Crippen LogP contribution in [0.25, 0.3) is 6.08 Å². The Kier molecular flexibility index (Phi) is 10.3. The summed E-state index contributed by atoms with van der Waals surface area (Å²) in [5, 5.41) is 3.68. The lowest BCUT2D eigenvalue weighted by atomic mass is 10.00. The van der Waals surface area contributed by atoms with Crippen LogP contribution in [0.4, 0.5) is 5.69 Å². The van der Waals surface area contributed by atoms with Gasteiger partial charge in [0.2, 0.25) is 5.91 Å². The molecule has 0 saturated carbocycles.